The quantitative estimate of drug-likeness (QED) is 0.462. The van der Waals surface area contributed by atoms with Gasteiger partial charge in [0.2, 0.25) is 0 Å². The summed E-state index contributed by atoms with van der Waals surface area (Å²) < 4.78 is 18.8. The van der Waals surface area contributed by atoms with Gasteiger partial charge in [-0.1, -0.05) is 17.7 Å². The second-order valence-corrected chi connectivity index (χ2v) is 6.35. The zero-order valence-electron chi connectivity index (χ0n) is 15.4. The van der Waals surface area contributed by atoms with Crippen molar-refractivity contribution in [3.05, 3.63) is 94.5 Å². The highest BCUT2D eigenvalue weighted by Gasteiger charge is 2.08. The molecule has 1 N–H and O–H groups in total. The first-order valence-corrected chi connectivity index (χ1v) is 8.97. The van der Waals surface area contributed by atoms with E-state index in [2.05, 4.69) is 10.3 Å². The summed E-state index contributed by atoms with van der Waals surface area (Å²) >= 11 is 5.95. The number of aromatic nitrogens is 1. The van der Waals surface area contributed by atoms with Crippen molar-refractivity contribution in [3.8, 4) is 11.5 Å². The Morgan fingerprint density at radius 2 is 1.83 bits per heavy atom. The number of ketones is 1. The van der Waals surface area contributed by atoms with Gasteiger partial charge in [-0.25, -0.2) is 4.39 Å². The first-order valence-electron chi connectivity index (χ1n) is 8.60. The Bertz CT molecular complexity index is 1080. The SMILES string of the molecule is CNC(=O)c1cc(Oc2ccc(C(=O)/C=C/c3ccc(F)cc3Cl)cc2)ccn1. The molecule has 2 aromatic carbocycles. The van der Waals surface area contributed by atoms with Gasteiger partial charge >= 0.3 is 0 Å². The molecule has 1 amide bonds. The average Bonchev–Trinajstić information content (AvgIpc) is 2.73. The summed E-state index contributed by atoms with van der Waals surface area (Å²) in [5.41, 5.74) is 1.24. The molecule has 3 rings (SSSR count). The topological polar surface area (TPSA) is 68.3 Å². The summed E-state index contributed by atoms with van der Waals surface area (Å²) in [7, 11) is 1.52. The van der Waals surface area contributed by atoms with Gasteiger partial charge in [0.25, 0.3) is 5.91 Å². The molecule has 0 saturated heterocycles. The number of carbonyl (C=O) groups excluding carboxylic acids is 2. The van der Waals surface area contributed by atoms with E-state index in [1.807, 2.05) is 0 Å². The van der Waals surface area contributed by atoms with Crippen LogP contribution in [-0.2, 0) is 0 Å². The van der Waals surface area contributed by atoms with E-state index in [1.165, 1.54) is 49.7 Å². The summed E-state index contributed by atoms with van der Waals surface area (Å²) in [5, 5.41) is 2.72. The lowest BCUT2D eigenvalue weighted by Gasteiger charge is -2.07. The fraction of sp³-hybridized carbons (Fsp3) is 0.0455. The molecule has 146 valence electrons. The van der Waals surface area contributed by atoms with E-state index in [0.717, 1.165) is 0 Å². The number of nitrogens with zero attached hydrogens (tertiary/aromatic N) is 1. The fourth-order valence-electron chi connectivity index (χ4n) is 2.45. The van der Waals surface area contributed by atoms with Gasteiger partial charge in [-0.2, -0.15) is 0 Å². The molecular formula is C22H16ClFN2O3. The third kappa shape index (κ3) is 5.27. The summed E-state index contributed by atoms with van der Waals surface area (Å²) in [6.45, 7) is 0. The monoisotopic (exact) mass is 410 g/mol. The van der Waals surface area contributed by atoms with E-state index in [9.17, 15) is 14.0 Å². The lowest BCUT2D eigenvalue weighted by atomic mass is 10.1. The highest BCUT2D eigenvalue weighted by Crippen LogP contribution is 2.23. The van der Waals surface area contributed by atoms with Gasteiger partial charge in [0.1, 0.15) is 23.0 Å². The molecule has 0 fully saturated rings. The summed E-state index contributed by atoms with van der Waals surface area (Å²) in [6.07, 6.45) is 4.38. The lowest BCUT2D eigenvalue weighted by Crippen LogP contribution is -2.18. The Morgan fingerprint density at radius 1 is 1.07 bits per heavy atom. The minimum Gasteiger partial charge on any atom is -0.457 e. The van der Waals surface area contributed by atoms with Gasteiger partial charge in [0.15, 0.2) is 5.78 Å². The molecule has 7 heteroatoms. The van der Waals surface area contributed by atoms with Gasteiger partial charge in [0.05, 0.1) is 5.02 Å². The van der Waals surface area contributed by atoms with Crippen LogP contribution in [0, 0.1) is 5.82 Å². The van der Waals surface area contributed by atoms with Crippen LogP contribution in [0.25, 0.3) is 6.08 Å². The van der Waals surface area contributed by atoms with Gasteiger partial charge in [0, 0.05) is 24.9 Å². The molecule has 1 aromatic heterocycles. The molecule has 0 saturated carbocycles. The number of nitrogens with one attached hydrogen (secondary N) is 1. The van der Waals surface area contributed by atoms with Crippen molar-refractivity contribution < 1.29 is 18.7 Å². The Kier molecular flexibility index (Phi) is 6.36. The zero-order valence-corrected chi connectivity index (χ0v) is 16.1. The molecule has 0 spiro atoms. The number of ether oxygens (including phenoxy) is 1. The molecule has 0 unspecified atom stereocenters. The summed E-state index contributed by atoms with van der Waals surface area (Å²) in [6, 6.07) is 13.6. The maximum atomic E-state index is 13.1. The van der Waals surface area contributed by atoms with Crippen LogP contribution < -0.4 is 10.1 Å². The normalized spacial score (nSPS) is 10.7. The van der Waals surface area contributed by atoms with Crippen LogP contribution in [0.4, 0.5) is 4.39 Å². The van der Waals surface area contributed by atoms with Crippen LogP contribution in [-0.4, -0.2) is 23.7 Å². The number of amides is 1. The number of hydrogen-bond acceptors (Lipinski definition) is 4. The minimum atomic E-state index is -0.439. The first-order chi connectivity index (χ1) is 14.0. The second-order valence-electron chi connectivity index (χ2n) is 5.95. The van der Waals surface area contributed by atoms with E-state index in [-0.39, 0.29) is 22.4 Å². The number of benzene rings is 2. The van der Waals surface area contributed by atoms with Gasteiger partial charge < -0.3 is 10.1 Å². The molecule has 0 aliphatic carbocycles. The molecule has 3 aromatic rings. The predicted octanol–water partition coefficient (Wildman–Crippen LogP) is 4.92. The van der Waals surface area contributed by atoms with Gasteiger partial charge in [-0.05, 0) is 60.2 Å². The van der Waals surface area contributed by atoms with E-state index in [4.69, 9.17) is 16.3 Å². The fourth-order valence-corrected chi connectivity index (χ4v) is 2.68. The molecular weight excluding hydrogens is 395 g/mol. The maximum absolute atomic E-state index is 13.1. The van der Waals surface area contributed by atoms with Crippen molar-refractivity contribution in [2.75, 3.05) is 7.05 Å². The summed E-state index contributed by atoms with van der Waals surface area (Å²) in [5.74, 6) is -0.0393. The molecule has 0 aliphatic rings. The maximum Gasteiger partial charge on any atom is 0.269 e. The number of rotatable bonds is 6. The molecule has 0 radical (unpaired) electrons. The number of hydrogen-bond donors (Lipinski definition) is 1. The number of pyridine rings is 1. The average molecular weight is 411 g/mol. The highest BCUT2D eigenvalue weighted by atomic mass is 35.5. The third-order valence-electron chi connectivity index (χ3n) is 3.94. The number of carbonyl (C=O) groups is 2. The predicted molar refractivity (Wildman–Crippen MR) is 109 cm³/mol. The molecule has 0 aliphatic heterocycles. The van der Waals surface area contributed by atoms with Crippen molar-refractivity contribution >= 4 is 29.4 Å². The van der Waals surface area contributed by atoms with Crippen molar-refractivity contribution in [2.45, 2.75) is 0 Å². The number of allylic oxidation sites excluding steroid dienone is 1. The molecule has 1 heterocycles. The Morgan fingerprint density at radius 3 is 2.52 bits per heavy atom. The Balaban J connectivity index is 1.69. The van der Waals surface area contributed by atoms with Gasteiger partial charge in [-0.3, -0.25) is 14.6 Å². The van der Waals surface area contributed by atoms with Crippen molar-refractivity contribution in [1.82, 2.24) is 10.3 Å². The van der Waals surface area contributed by atoms with Crippen molar-refractivity contribution in [2.24, 2.45) is 0 Å². The highest BCUT2D eigenvalue weighted by molar-refractivity contribution is 6.32. The molecule has 29 heavy (non-hydrogen) atoms. The van der Waals surface area contributed by atoms with Crippen LogP contribution in [0.5, 0.6) is 11.5 Å². The number of halogens is 2. The smallest absolute Gasteiger partial charge is 0.269 e. The standard InChI is InChI=1S/C22H16ClFN2O3/c1-25-22(28)20-13-18(10-11-26-20)29-17-7-3-15(4-8-17)21(27)9-5-14-2-6-16(24)12-19(14)23/h2-13H,1H3,(H,25,28)/b9-5+. The third-order valence-corrected chi connectivity index (χ3v) is 4.27. The van der Waals surface area contributed by atoms with Crippen LogP contribution in [0.3, 0.4) is 0 Å². The van der Waals surface area contributed by atoms with E-state index < -0.39 is 5.82 Å². The lowest BCUT2D eigenvalue weighted by molar-refractivity contribution is 0.0957. The van der Waals surface area contributed by atoms with E-state index in [0.29, 0.717) is 22.6 Å². The zero-order chi connectivity index (χ0) is 20.8. The summed E-state index contributed by atoms with van der Waals surface area (Å²) in [4.78, 5) is 27.9. The Hall–Kier alpha value is -3.51. The van der Waals surface area contributed by atoms with Crippen molar-refractivity contribution in [1.29, 1.82) is 0 Å². The van der Waals surface area contributed by atoms with Gasteiger partial charge in [-0.15, -0.1) is 0 Å². The van der Waals surface area contributed by atoms with E-state index in [1.54, 1.807) is 30.3 Å². The second kappa shape index (κ2) is 9.12. The van der Waals surface area contributed by atoms with E-state index >= 15 is 0 Å². The first kappa shape index (κ1) is 20.2. The molecule has 0 bridgehead atoms. The van der Waals surface area contributed by atoms with Crippen LogP contribution in [0.15, 0.2) is 66.9 Å². The largest absolute Gasteiger partial charge is 0.457 e. The van der Waals surface area contributed by atoms with Crippen LogP contribution >= 0.6 is 11.6 Å². The van der Waals surface area contributed by atoms with Crippen molar-refractivity contribution in [3.63, 3.8) is 0 Å². The van der Waals surface area contributed by atoms with Crippen LogP contribution in [0.1, 0.15) is 26.4 Å². The molecule has 5 nitrogen and oxygen atoms in total. The Labute approximate surface area is 171 Å². The van der Waals surface area contributed by atoms with Crippen LogP contribution in [0.2, 0.25) is 5.02 Å². The minimum absolute atomic E-state index is 0.228. The molecule has 0 atom stereocenters.